The fourth-order valence-corrected chi connectivity index (χ4v) is 1.39. The van der Waals surface area contributed by atoms with Gasteiger partial charge in [0.1, 0.15) is 6.04 Å². The van der Waals surface area contributed by atoms with E-state index < -0.39 is 6.04 Å². The van der Waals surface area contributed by atoms with Crippen LogP contribution in [0.15, 0.2) is 0 Å². The maximum Gasteiger partial charge on any atom is 0.242 e. The van der Waals surface area contributed by atoms with Crippen molar-refractivity contribution in [2.24, 2.45) is 0 Å². The van der Waals surface area contributed by atoms with Crippen LogP contribution in [0.1, 0.15) is 26.2 Å². The SMILES string of the molecule is CC[C@H](CO)NC(=O)[C@@H]1CCC(=O)N1. The topological polar surface area (TPSA) is 78.4 Å². The maximum absolute atomic E-state index is 11.5. The average molecular weight is 200 g/mol. The lowest BCUT2D eigenvalue weighted by Crippen LogP contribution is -2.46. The Morgan fingerprint density at radius 2 is 2.50 bits per heavy atom. The van der Waals surface area contributed by atoms with Gasteiger partial charge >= 0.3 is 0 Å². The first-order valence-corrected chi connectivity index (χ1v) is 4.88. The third-order valence-corrected chi connectivity index (χ3v) is 2.37. The summed E-state index contributed by atoms with van der Waals surface area (Å²) in [6.45, 7) is 1.82. The number of carbonyl (C=O) groups excluding carboxylic acids is 2. The Morgan fingerprint density at radius 3 is 2.93 bits per heavy atom. The van der Waals surface area contributed by atoms with E-state index >= 15 is 0 Å². The van der Waals surface area contributed by atoms with Crippen molar-refractivity contribution in [1.29, 1.82) is 0 Å². The van der Waals surface area contributed by atoms with Gasteiger partial charge in [0.25, 0.3) is 0 Å². The van der Waals surface area contributed by atoms with E-state index in [0.717, 1.165) is 0 Å². The summed E-state index contributed by atoms with van der Waals surface area (Å²) in [4.78, 5) is 22.3. The van der Waals surface area contributed by atoms with E-state index in [4.69, 9.17) is 5.11 Å². The van der Waals surface area contributed by atoms with E-state index in [1.165, 1.54) is 0 Å². The van der Waals surface area contributed by atoms with Gasteiger partial charge in [-0.05, 0) is 12.8 Å². The zero-order chi connectivity index (χ0) is 10.6. The largest absolute Gasteiger partial charge is 0.394 e. The van der Waals surface area contributed by atoms with Crippen molar-refractivity contribution in [3.63, 3.8) is 0 Å². The lowest BCUT2D eigenvalue weighted by Gasteiger charge is -2.17. The fraction of sp³-hybridized carbons (Fsp3) is 0.778. The quantitative estimate of drug-likeness (QED) is 0.553. The second-order valence-corrected chi connectivity index (χ2v) is 3.46. The molecule has 0 aromatic heterocycles. The molecule has 0 saturated carbocycles. The van der Waals surface area contributed by atoms with Crippen LogP contribution in [0, 0.1) is 0 Å². The zero-order valence-corrected chi connectivity index (χ0v) is 8.25. The van der Waals surface area contributed by atoms with Gasteiger partial charge in [0.15, 0.2) is 0 Å². The fourth-order valence-electron chi connectivity index (χ4n) is 1.39. The van der Waals surface area contributed by atoms with Crippen molar-refractivity contribution >= 4 is 11.8 Å². The smallest absolute Gasteiger partial charge is 0.242 e. The number of hydrogen-bond acceptors (Lipinski definition) is 3. The van der Waals surface area contributed by atoms with Crippen LogP contribution in [0.2, 0.25) is 0 Å². The van der Waals surface area contributed by atoms with Crippen molar-refractivity contribution in [2.75, 3.05) is 6.61 Å². The molecule has 80 valence electrons. The highest BCUT2D eigenvalue weighted by molar-refractivity contribution is 5.90. The van der Waals surface area contributed by atoms with Crippen molar-refractivity contribution < 1.29 is 14.7 Å². The Morgan fingerprint density at radius 1 is 1.79 bits per heavy atom. The molecule has 5 nitrogen and oxygen atoms in total. The third kappa shape index (κ3) is 2.70. The molecule has 0 aromatic rings. The van der Waals surface area contributed by atoms with Gasteiger partial charge in [-0.25, -0.2) is 0 Å². The highest BCUT2D eigenvalue weighted by Gasteiger charge is 2.27. The molecular formula is C9H16N2O3. The molecule has 0 unspecified atom stereocenters. The van der Waals surface area contributed by atoms with Gasteiger partial charge in [0.05, 0.1) is 12.6 Å². The molecule has 1 fully saturated rings. The number of rotatable bonds is 4. The number of aliphatic hydroxyl groups is 1. The molecule has 1 aliphatic heterocycles. The second-order valence-electron chi connectivity index (χ2n) is 3.46. The van der Waals surface area contributed by atoms with Crippen molar-refractivity contribution in [2.45, 2.75) is 38.3 Å². The molecule has 2 atom stereocenters. The van der Waals surface area contributed by atoms with Crippen LogP contribution in [0.3, 0.4) is 0 Å². The van der Waals surface area contributed by atoms with Gasteiger partial charge in [-0.3, -0.25) is 9.59 Å². The molecule has 3 N–H and O–H groups in total. The number of carbonyl (C=O) groups is 2. The molecular weight excluding hydrogens is 184 g/mol. The molecule has 2 amide bonds. The Hall–Kier alpha value is -1.10. The Balaban J connectivity index is 2.38. The van der Waals surface area contributed by atoms with Gasteiger partial charge in [-0.1, -0.05) is 6.92 Å². The van der Waals surface area contributed by atoms with Gasteiger partial charge in [0.2, 0.25) is 11.8 Å². The first-order chi connectivity index (χ1) is 6.67. The number of nitrogens with one attached hydrogen (secondary N) is 2. The number of hydrogen-bond donors (Lipinski definition) is 3. The Bertz CT molecular complexity index is 226. The number of aliphatic hydroxyl groups excluding tert-OH is 1. The van der Waals surface area contributed by atoms with E-state index in [1.807, 2.05) is 6.92 Å². The molecule has 1 rings (SSSR count). The molecule has 1 heterocycles. The van der Waals surface area contributed by atoms with Crippen molar-refractivity contribution in [1.82, 2.24) is 10.6 Å². The summed E-state index contributed by atoms with van der Waals surface area (Å²) in [6.07, 6.45) is 1.64. The standard InChI is InChI=1S/C9H16N2O3/c1-2-6(5-12)10-9(14)7-3-4-8(13)11-7/h6-7,12H,2-5H2,1H3,(H,10,14)(H,11,13)/t6-,7+/m1/s1. The first-order valence-electron chi connectivity index (χ1n) is 4.88. The predicted octanol–water partition coefficient (Wildman–Crippen LogP) is -0.848. The second kappa shape index (κ2) is 4.95. The summed E-state index contributed by atoms with van der Waals surface area (Å²) in [7, 11) is 0. The predicted molar refractivity (Wildman–Crippen MR) is 50.5 cm³/mol. The van der Waals surface area contributed by atoms with Crippen LogP contribution in [0.5, 0.6) is 0 Å². The molecule has 0 bridgehead atoms. The van der Waals surface area contributed by atoms with E-state index in [2.05, 4.69) is 10.6 Å². The molecule has 14 heavy (non-hydrogen) atoms. The molecule has 0 aromatic carbocycles. The zero-order valence-electron chi connectivity index (χ0n) is 8.25. The van der Waals surface area contributed by atoms with E-state index in [9.17, 15) is 9.59 Å². The third-order valence-electron chi connectivity index (χ3n) is 2.37. The molecule has 1 saturated heterocycles. The van der Waals surface area contributed by atoms with Gasteiger partial charge in [0, 0.05) is 6.42 Å². The maximum atomic E-state index is 11.5. The lowest BCUT2D eigenvalue weighted by atomic mass is 10.2. The Labute approximate surface area is 82.9 Å². The van der Waals surface area contributed by atoms with Gasteiger partial charge in [-0.15, -0.1) is 0 Å². The first kappa shape index (κ1) is 11.0. The van der Waals surface area contributed by atoms with Crippen molar-refractivity contribution in [3.8, 4) is 0 Å². The van der Waals surface area contributed by atoms with E-state index in [-0.39, 0.29) is 24.5 Å². The summed E-state index contributed by atoms with van der Waals surface area (Å²) in [6, 6.07) is -0.622. The van der Waals surface area contributed by atoms with Crippen LogP contribution in [0.25, 0.3) is 0 Å². The summed E-state index contributed by atoms with van der Waals surface area (Å²) in [5.74, 6) is -0.279. The molecule has 0 aliphatic carbocycles. The summed E-state index contributed by atoms with van der Waals surface area (Å²) < 4.78 is 0. The van der Waals surface area contributed by atoms with E-state index in [1.54, 1.807) is 0 Å². The highest BCUT2D eigenvalue weighted by atomic mass is 16.3. The monoisotopic (exact) mass is 200 g/mol. The van der Waals surface area contributed by atoms with Crippen LogP contribution < -0.4 is 10.6 Å². The van der Waals surface area contributed by atoms with Crippen LogP contribution in [-0.4, -0.2) is 35.6 Å². The van der Waals surface area contributed by atoms with Crippen LogP contribution in [-0.2, 0) is 9.59 Å². The van der Waals surface area contributed by atoms with E-state index in [0.29, 0.717) is 19.3 Å². The minimum Gasteiger partial charge on any atom is -0.394 e. The lowest BCUT2D eigenvalue weighted by molar-refractivity contribution is -0.126. The van der Waals surface area contributed by atoms with Crippen LogP contribution in [0.4, 0.5) is 0 Å². The summed E-state index contributed by atoms with van der Waals surface area (Å²) >= 11 is 0. The van der Waals surface area contributed by atoms with Crippen molar-refractivity contribution in [3.05, 3.63) is 0 Å². The van der Waals surface area contributed by atoms with Gasteiger partial charge < -0.3 is 15.7 Å². The minimum atomic E-state index is -0.414. The minimum absolute atomic E-state index is 0.0666. The normalized spacial score (nSPS) is 23.0. The highest BCUT2D eigenvalue weighted by Crippen LogP contribution is 2.06. The molecule has 0 spiro atoms. The Kier molecular flexibility index (Phi) is 3.88. The van der Waals surface area contributed by atoms with Crippen LogP contribution >= 0.6 is 0 Å². The molecule has 0 radical (unpaired) electrons. The summed E-state index contributed by atoms with van der Waals surface area (Å²) in [5, 5.41) is 14.1. The summed E-state index contributed by atoms with van der Waals surface area (Å²) in [5.41, 5.74) is 0. The number of amides is 2. The van der Waals surface area contributed by atoms with Gasteiger partial charge in [-0.2, -0.15) is 0 Å². The molecule has 1 aliphatic rings. The molecule has 5 heteroatoms. The average Bonchev–Trinajstić information content (AvgIpc) is 2.61.